The Kier molecular flexibility index (Phi) is 5.53. The van der Waals surface area contributed by atoms with E-state index in [1.54, 1.807) is 30.6 Å². The third-order valence-corrected chi connectivity index (χ3v) is 3.86. The van der Waals surface area contributed by atoms with Crippen molar-refractivity contribution < 1.29 is 4.79 Å². The first-order valence-electron chi connectivity index (χ1n) is 7.70. The van der Waals surface area contributed by atoms with Gasteiger partial charge in [-0.3, -0.25) is 9.78 Å². The van der Waals surface area contributed by atoms with Crippen molar-refractivity contribution in [2.24, 2.45) is 0 Å². The van der Waals surface area contributed by atoms with Gasteiger partial charge in [-0.15, -0.1) is 10.2 Å². The van der Waals surface area contributed by atoms with Crippen molar-refractivity contribution in [2.45, 2.75) is 13.1 Å². The fourth-order valence-electron chi connectivity index (χ4n) is 2.15. The number of anilines is 1. The van der Waals surface area contributed by atoms with Crippen molar-refractivity contribution in [2.75, 3.05) is 5.32 Å². The van der Waals surface area contributed by atoms with Gasteiger partial charge in [0.1, 0.15) is 5.82 Å². The van der Waals surface area contributed by atoms with Crippen molar-refractivity contribution in [3.63, 3.8) is 0 Å². The first kappa shape index (κ1) is 16.9. The van der Waals surface area contributed by atoms with Crippen LogP contribution in [-0.2, 0) is 13.1 Å². The SMILES string of the molecule is O=C(NCc1ccccc1Cl)c1ccc(NCc2cccnc2)nn1. The van der Waals surface area contributed by atoms with Crippen LogP contribution in [0.4, 0.5) is 5.82 Å². The number of rotatable bonds is 6. The van der Waals surface area contributed by atoms with Crippen LogP contribution < -0.4 is 10.6 Å². The number of amides is 1. The second-order valence-electron chi connectivity index (χ2n) is 5.29. The Morgan fingerprint density at radius 2 is 1.88 bits per heavy atom. The lowest BCUT2D eigenvalue weighted by molar-refractivity contribution is 0.0945. The standard InChI is InChI=1S/C18H16ClN5O/c19-15-6-2-1-5-14(15)12-22-18(25)16-7-8-17(24-23-16)21-11-13-4-3-9-20-10-13/h1-10H,11-12H2,(H,21,24)(H,22,25). The Morgan fingerprint density at radius 1 is 1.00 bits per heavy atom. The van der Waals surface area contributed by atoms with Gasteiger partial charge in [0.15, 0.2) is 5.69 Å². The van der Waals surface area contributed by atoms with E-state index in [-0.39, 0.29) is 11.6 Å². The maximum absolute atomic E-state index is 12.1. The van der Waals surface area contributed by atoms with Gasteiger partial charge in [-0.05, 0) is 35.4 Å². The van der Waals surface area contributed by atoms with E-state index in [1.165, 1.54) is 0 Å². The summed E-state index contributed by atoms with van der Waals surface area (Å²) >= 11 is 6.07. The summed E-state index contributed by atoms with van der Waals surface area (Å²) in [5.41, 5.74) is 2.13. The molecule has 0 fully saturated rings. The number of nitrogens with one attached hydrogen (secondary N) is 2. The molecule has 0 radical (unpaired) electrons. The van der Waals surface area contributed by atoms with Gasteiger partial charge in [-0.2, -0.15) is 0 Å². The number of halogens is 1. The van der Waals surface area contributed by atoms with E-state index in [9.17, 15) is 4.79 Å². The van der Waals surface area contributed by atoms with Gasteiger partial charge in [0.2, 0.25) is 0 Å². The Balaban J connectivity index is 1.54. The minimum absolute atomic E-state index is 0.249. The van der Waals surface area contributed by atoms with Gasteiger partial charge >= 0.3 is 0 Å². The van der Waals surface area contributed by atoms with Crippen molar-refractivity contribution in [3.05, 3.63) is 82.8 Å². The smallest absolute Gasteiger partial charge is 0.272 e. The lowest BCUT2D eigenvalue weighted by atomic mass is 10.2. The fraction of sp³-hybridized carbons (Fsp3) is 0.111. The van der Waals surface area contributed by atoms with Crippen LogP contribution in [0.25, 0.3) is 0 Å². The molecule has 0 spiro atoms. The first-order chi connectivity index (χ1) is 12.2. The maximum atomic E-state index is 12.1. The van der Waals surface area contributed by atoms with Crippen LogP contribution in [0.3, 0.4) is 0 Å². The number of hydrogen-bond donors (Lipinski definition) is 2. The highest BCUT2D eigenvalue weighted by molar-refractivity contribution is 6.31. The molecule has 3 aromatic rings. The lowest BCUT2D eigenvalue weighted by Gasteiger charge is -2.07. The van der Waals surface area contributed by atoms with Gasteiger partial charge in [-0.25, -0.2) is 0 Å². The summed E-state index contributed by atoms with van der Waals surface area (Å²) < 4.78 is 0. The summed E-state index contributed by atoms with van der Waals surface area (Å²) in [6.07, 6.45) is 3.50. The van der Waals surface area contributed by atoms with E-state index >= 15 is 0 Å². The number of nitrogens with zero attached hydrogens (tertiary/aromatic N) is 3. The summed E-state index contributed by atoms with van der Waals surface area (Å²) in [6, 6.07) is 14.5. The van der Waals surface area contributed by atoms with Crippen LogP contribution in [0, 0.1) is 0 Å². The number of hydrogen-bond acceptors (Lipinski definition) is 5. The third-order valence-electron chi connectivity index (χ3n) is 3.49. The zero-order chi connectivity index (χ0) is 17.5. The molecule has 0 unspecified atom stereocenters. The fourth-order valence-corrected chi connectivity index (χ4v) is 2.35. The number of carbonyl (C=O) groups is 1. The Morgan fingerprint density at radius 3 is 2.60 bits per heavy atom. The van der Waals surface area contributed by atoms with Crippen LogP contribution in [0.2, 0.25) is 5.02 Å². The second-order valence-corrected chi connectivity index (χ2v) is 5.70. The molecule has 126 valence electrons. The molecule has 2 N–H and O–H groups in total. The predicted octanol–water partition coefficient (Wildman–Crippen LogP) is 3.07. The molecule has 0 aliphatic heterocycles. The summed E-state index contributed by atoms with van der Waals surface area (Å²) in [4.78, 5) is 16.2. The first-order valence-corrected chi connectivity index (χ1v) is 8.08. The van der Waals surface area contributed by atoms with Crippen LogP contribution in [0.15, 0.2) is 60.9 Å². The van der Waals surface area contributed by atoms with E-state index in [4.69, 9.17) is 11.6 Å². The molecule has 25 heavy (non-hydrogen) atoms. The molecular weight excluding hydrogens is 338 g/mol. The largest absolute Gasteiger partial charge is 0.364 e. The van der Waals surface area contributed by atoms with Crippen LogP contribution in [-0.4, -0.2) is 21.1 Å². The topological polar surface area (TPSA) is 79.8 Å². The van der Waals surface area contributed by atoms with E-state index in [0.717, 1.165) is 11.1 Å². The van der Waals surface area contributed by atoms with Crippen molar-refractivity contribution in [1.82, 2.24) is 20.5 Å². The van der Waals surface area contributed by atoms with Crippen LogP contribution in [0.1, 0.15) is 21.6 Å². The minimum atomic E-state index is -0.300. The molecule has 0 saturated heterocycles. The van der Waals surface area contributed by atoms with E-state index in [2.05, 4.69) is 25.8 Å². The summed E-state index contributed by atoms with van der Waals surface area (Å²) in [5, 5.41) is 14.5. The van der Waals surface area contributed by atoms with Crippen LogP contribution in [0.5, 0.6) is 0 Å². The zero-order valence-corrected chi connectivity index (χ0v) is 14.1. The number of benzene rings is 1. The Hall–Kier alpha value is -2.99. The maximum Gasteiger partial charge on any atom is 0.272 e. The monoisotopic (exact) mass is 353 g/mol. The quantitative estimate of drug-likeness (QED) is 0.712. The molecule has 2 heterocycles. The molecule has 1 aromatic carbocycles. The molecule has 6 nitrogen and oxygen atoms in total. The molecule has 3 rings (SSSR count). The second kappa shape index (κ2) is 8.21. The average Bonchev–Trinajstić information content (AvgIpc) is 2.67. The third kappa shape index (κ3) is 4.74. The predicted molar refractivity (Wildman–Crippen MR) is 96.2 cm³/mol. The molecule has 0 atom stereocenters. The lowest BCUT2D eigenvalue weighted by Crippen LogP contribution is -2.24. The van der Waals surface area contributed by atoms with Gasteiger partial charge < -0.3 is 10.6 Å². The zero-order valence-electron chi connectivity index (χ0n) is 13.3. The molecule has 1 amide bonds. The highest BCUT2D eigenvalue weighted by Gasteiger charge is 2.09. The van der Waals surface area contributed by atoms with Crippen molar-refractivity contribution in [1.29, 1.82) is 0 Å². The van der Waals surface area contributed by atoms with E-state index in [1.807, 2.05) is 30.3 Å². The summed E-state index contributed by atoms with van der Waals surface area (Å²) in [5.74, 6) is 0.290. The highest BCUT2D eigenvalue weighted by Crippen LogP contribution is 2.14. The van der Waals surface area contributed by atoms with Gasteiger partial charge in [0.05, 0.1) is 0 Å². The van der Waals surface area contributed by atoms with Crippen LogP contribution >= 0.6 is 11.6 Å². The molecule has 0 aliphatic rings. The van der Waals surface area contributed by atoms with E-state index in [0.29, 0.717) is 23.9 Å². The molecule has 0 aliphatic carbocycles. The summed E-state index contributed by atoms with van der Waals surface area (Å²) in [6.45, 7) is 0.918. The molecule has 2 aromatic heterocycles. The Labute approximate surface area is 150 Å². The van der Waals surface area contributed by atoms with Crippen molar-refractivity contribution in [3.8, 4) is 0 Å². The molecule has 7 heteroatoms. The number of carbonyl (C=O) groups excluding carboxylic acids is 1. The van der Waals surface area contributed by atoms with E-state index < -0.39 is 0 Å². The van der Waals surface area contributed by atoms with Gasteiger partial charge in [-0.1, -0.05) is 35.9 Å². The minimum Gasteiger partial charge on any atom is -0.364 e. The average molecular weight is 354 g/mol. The number of pyridine rings is 1. The Bertz CT molecular complexity index is 840. The van der Waals surface area contributed by atoms with Gasteiger partial charge in [0, 0.05) is 30.5 Å². The highest BCUT2D eigenvalue weighted by atomic mass is 35.5. The normalized spacial score (nSPS) is 10.3. The van der Waals surface area contributed by atoms with Gasteiger partial charge in [0.25, 0.3) is 5.91 Å². The number of aromatic nitrogens is 3. The summed E-state index contributed by atoms with van der Waals surface area (Å²) in [7, 11) is 0. The van der Waals surface area contributed by atoms with Crippen molar-refractivity contribution >= 4 is 23.3 Å². The molecular formula is C18H16ClN5O. The molecule has 0 bridgehead atoms. The molecule has 0 saturated carbocycles.